The van der Waals surface area contributed by atoms with Crippen LogP contribution in [0.1, 0.15) is 39.2 Å². The highest BCUT2D eigenvalue weighted by atomic mass is 127. The second kappa shape index (κ2) is 11.8. The van der Waals surface area contributed by atoms with Crippen LogP contribution in [-0.4, -0.2) is 43.6 Å². The van der Waals surface area contributed by atoms with Crippen molar-refractivity contribution in [3.8, 4) is 0 Å². The zero-order chi connectivity index (χ0) is 18.2. The average molecular weight is 474 g/mol. The minimum atomic E-state index is 0. The lowest BCUT2D eigenvalue weighted by Crippen LogP contribution is -2.45. The molecule has 1 unspecified atom stereocenters. The first-order chi connectivity index (χ1) is 12.0. The molecule has 1 aliphatic heterocycles. The number of hydrogen-bond donors (Lipinski definition) is 2. The average Bonchev–Trinajstić information content (AvgIpc) is 2.58. The van der Waals surface area contributed by atoms with Crippen molar-refractivity contribution >= 4 is 35.6 Å². The third-order valence-electron chi connectivity index (χ3n) is 5.09. The van der Waals surface area contributed by atoms with Crippen molar-refractivity contribution in [3.05, 3.63) is 29.8 Å². The van der Waals surface area contributed by atoms with Crippen LogP contribution in [0.3, 0.4) is 0 Å². The van der Waals surface area contributed by atoms with Gasteiger partial charge in [0.05, 0.1) is 13.2 Å². The summed E-state index contributed by atoms with van der Waals surface area (Å²) in [7, 11) is 1.70. The van der Waals surface area contributed by atoms with Crippen molar-refractivity contribution in [1.29, 1.82) is 0 Å². The van der Waals surface area contributed by atoms with Crippen LogP contribution < -0.4 is 11.1 Å². The van der Waals surface area contributed by atoms with Crippen LogP contribution in [-0.2, 0) is 11.3 Å². The van der Waals surface area contributed by atoms with Crippen molar-refractivity contribution in [2.24, 2.45) is 22.6 Å². The first kappa shape index (κ1) is 23.2. The molecule has 1 atom stereocenters. The maximum atomic E-state index is 6.15. The number of likely N-dealkylation sites (tertiary alicyclic amines) is 1. The number of nitrogens with one attached hydrogen (secondary N) is 1. The molecule has 3 N–H and O–H groups in total. The van der Waals surface area contributed by atoms with Crippen molar-refractivity contribution in [2.75, 3.05) is 32.1 Å². The number of nitrogens with zero attached hydrogens (tertiary/aromatic N) is 2. The van der Waals surface area contributed by atoms with E-state index in [1.54, 1.807) is 7.11 Å². The van der Waals surface area contributed by atoms with E-state index in [4.69, 9.17) is 10.5 Å². The standard InChI is InChI=1S/C20H34N4O.HI/c1-15(2)19(24-11-9-16(3)10-12-24)13-22-20(21)23-18-8-6-5-7-17(18)14-25-4;/h5-8,15-16,19H,9-14H2,1-4H3,(H3,21,22,23);1H. The van der Waals surface area contributed by atoms with Gasteiger partial charge in [0.25, 0.3) is 0 Å². The molecule has 1 aromatic rings. The number of piperidine rings is 1. The van der Waals surface area contributed by atoms with Gasteiger partial charge >= 0.3 is 0 Å². The first-order valence-corrected chi connectivity index (χ1v) is 9.39. The molecule has 5 nitrogen and oxygen atoms in total. The molecule has 1 aliphatic rings. The van der Waals surface area contributed by atoms with E-state index >= 15 is 0 Å². The number of nitrogens with two attached hydrogens (primary N) is 1. The highest BCUT2D eigenvalue weighted by Gasteiger charge is 2.25. The van der Waals surface area contributed by atoms with Gasteiger partial charge in [-0.3, -0.25) is 9.89 Å². The Kier molecular flexibility index (Phi) is 10.5. The molecule has 1 saturated heterocycles. The molecule has 0 amide bonds. The fourth-order valence-electron chi connectivity index (χ4n) is 3.40. The second-order valence-electron chi connectivity index (χ2n) is 7.47. The summed E-state index contributed by atoms with van der Waals surface area (Å²) < 4.78 is 5.24. The third-order valence-corrected chi connectivity index (χ3v) is 5.09. The Balaban J connectivity index is 0.00000338. The molecule has 0 aromatic heterocycles. The lowest BCUT2D eigenvalue weighted by molar-refractivity contribution is 0.113. The minimum absolute atomic E-state index is 0. The third kappa shape index (κ3) is 7.04. The molecule has 2 rings (SSSR count). The monoisotopic (exact) mass is 474 g/mol. The molecule has 26 heavy (non-hydrogen) atoms. The Hall–Kier alpha value is -0.860. The van der Waals surface area contributed by atoms with E-state index in [2.05, 4.69) is 36.0 Å². The highest BCUT2D eigenvalue weighted by Crippen LogP contribution is 2.21. The van der Waals surface area contributed by atoms with Gasteiger partial charge in [0.1, 0.15) is 0 Å². The summed E-state index contributed by atoms with van der Waals surface area (Å²) in [5, 5.41) is 3.23. The van der Waals surface area contributed by atoms with Gasteiger partial charge in [-0.1, -0.05) is 39.0 Å². The van der Waals surface area contributed by atoms with E-state index in [0.717, 1.165) is 23.7 Å². The maximum Gasteiger partial charge on any atom is 0.193 e. The van der Waals surface area contributed by atoms with Crippen LogP contribution in [0.25, 0.3) is 0 Å². The number of benzene rings is 1. The predicted molar refractivity (Wildman–Crippen MR) is 121 cm³/mol. The number of methoxy groups -OCH3 is 1. The number of rotatable bonds is 7. The molecule has 0 aliphatic carbocycles. The molecular formula is C20H35IN4O. The Morgan fingerprint density at radius 1 is 1.31 bits per heavy atom. The minimum Gasteiger partial charge on any atom is -0.380 e. The lowest BCUT2D eigenvalue weighted by atomic mass is 9.94. The van der Waals surface area contributed by atoms with Crippen LogP contribution in [0.15, 0.2) is 29.3 Å². The molecule has 0 radical (unpaired) electrons. The van der Waals surface area contributed by atoms with E-state index in [1.165, 1.54) is 25.9 Å². The van der Waals surface area contributed by atoms with Crippen molar-refractivity contribution in [3.63, 3.8) is 0 Å². The molecule has 0 saturated carbocycles. The smallest absolute Gasteiger partial charge is 0.193 e. The molecule has 0 bridgehead atoms. The fraction of sp³-hybridized carbons (Fsp3) is 0.650. The summed E-state index contributed by atoms with van der Waals surface area (Å²) in [6.07, 6.45) is 2.57. The predicted octanol–water partition coefficient (Wildman–Crippen LogP) is 3.93. The van der Waals surface area contributed by atoms with Gasteiger partial charge in [0.15, 0.2) is 5.96 Å². The van der Waals surface area contributed by atoms with Gasteiger partial charge in [-0.15, -0.1) is 24.0 Å². The van der Waals surface area contributed by atoms with Crippen LogP contribution >= 0.6 is 24.0 Å². The molecular weight excluding hydrogens is 439 g/mol. The van der Waals surface area contributed by atoms with Gasteiger partial charge in [0, 0.05) is 24.4 Å². The number of hydrogen-bond acceptors (Lipinski definition) is 3. The molecule has 148 valence electrons. The molecule has 1 heterocycles. The van der Waals surface area contributed by atoms with Gasteiger partial charge in [-0.05, 0) is 43.8 Å². The zero-order valence-electron chi connectivity index (χ0n) is 16.6. The fourth-order valence-corrected chi connectivity index (χ4v) is 3.40. The van der Waals surface area contributed by atoms with Crippen LogP contribution in [0.4, 0.5) is 5.69 Å². The van der Waals surface area contributed by atoms with Gasteiger partial charge < -0.3 is 15.8 Å². The molecule has 1 fully saturated rings. The molecule has 1 aromatic carbocycles. The van der Waals surface area contributed by atoms with E-state index in [1.807, 2.05) is 24.3 Å². The summed E-state index contributed by atoms with van der Waals surface area (Å²) in [4.78, 5) is 7.22. The Labute approximate surface area is 175 Å². The van der Waals surface area contributed by atoms with E-state index in [9.17, 15) is 0 Å². The number of halogens is 1. The van der Waals surface area contributed by atoms with Gasteiger partial charge in [0.2, 0.25) is 0 Å². The zero-order valence-corrected chi connectivity index (χ0v) is 18.9. The lowest BCUT2D eigenvalue weighted by Gasteiger charge is -2.38. The number of guanidine groups is 1. The van der Waals surface area contributed by atoms with Crippen LogP contribution in [0.5, 0.6) is 0 Å². The number of para-hydroxylation sites is 1. The largest absolute Gasteiger partial charge is 0.380 e. The normalized spacial score (nSPS) is 17.8. The van der Waals surface area contributed by atoms with E-state index in [0.29, 0.717) is 24.5 Å². The highest BCUT2D eigenvalue weighted by molar-refractivity contribution is 14.0. The van der Waals surface area contributed by atoms with Crippen LogP contribution in [0, 0.1) is 11.8 Å². The quantitative estimate of drug-likeness (QED) is 0.357. The summed E-state index contributed by atoms with van der Waals surface area (Å²) in [6.45, 7) is 10.5. The Morgan fingerprint density at radius 3 is 2.58 bits per heavy atom. The van der Waals surface area contributed by atoms with Crippen molar-refractivity contribution in [1.82, 2.24) is 4.90 Å². The van der Waals surface area contributed by atoms with Crippen LogP contribution in [0.2, 0.25) is 0 Å². The van der Waals surface area contributed by atoms with E-state index in [-0.39, 0.29) is 24.0 Å². The van der Waals surface area contributed by atoms with E-state index < -0.39 is 0 Å². The summed E-state index contributed by atoms with van der Waals surface area (Å²) in [6, 6.07) is 8.47. The SMILES string of the molecule is COCc1ccccc1NC(N)=NCC(C(C)C)N1CCC(C)CC1.I. The van der Waals surface area contributed by atoms with Gasteiger partial charge in [-0.25, -0.2) is 0 Å². The molecule has 0 spiro atoms. The first-order valence-electron chi connectivity index (χ1n) is 9.39. The number of aliphatic imine (C=N–C) groups is 1. The summed E-state index contributed by atoms with van der Waals surface area (Å²) in [5.74, 6) is 1.88. The number of anilines is 1. The van der Waals surface area contributed by atoms with Crippen molar-refractivity contribution < 1.29 is 4.74 Å². The Bertz CT molecular complexity index is 556. The topological polar surface area (TPSA) is 62.9 Å². The maximum absolute atomic E-state index is 6.15. The Morgan fingerprint density at radius 2 is 1.96 bits per heavy atom. The summed E-state index contributed by atoms with van der Waals surface area (Å²) >= 11 is 0. The number of ether oxygens (including phenoxy) is 1. The molecule has 6 heteroatoms. The summed E-state index contributed by atoms with van der Waals surface area (Å²) in [5.41, 5.74) is 8.18. The van der Waals surface area contributed by atoms with Gasteiger partial charge in [-0.2, -0.15) is 0 Å². The van der Waals surface area contributed by atoms with Crippen molar-refractivity contribution in [2.45, 2.75) is 46.3 Å². The second-order valence-corrected chi connectivity index (χ2v) is 7.47.